The first kappa shape index (κ1) is 13.7. The van der Waals surface area contributed by atoms with Crippen LogP contribution in [-0.4, -0.2) is 28.6 Å². The number of hydrogen-bond donors (Lipinski definition) is 4. The van der Waals surface area contributed by atoms with Crippen LogP contribution in [-0.2, 0) is 4.79 Å². The normalized spacial score (nSPS) is 13.7. The lowest BCUT2D eigenvalue weighted by atomic mass is 10.6. The predicted octanol–water partition coefficient (Wildman–Crippen LogP) is -1.09. The Kier molecular flexibility index (Phi) is 9.32. The van der Waals surface area contributed by atoms with Crippen molar-refractivity contribution in [1.29, 1.82) is 0 Å². The first-order valence-corrected chi connectivity index (χ1v) is 3.44. The fraction of sp³-hybridized carbons (Fsp3) is 0.571. The van der Waals surface area contributed by atoms with E-state index in [0.29, 0.717) is 0 Å². The maximum Gasteiger partial charge on any atom is 0.240 e. The molecule has 0 aromatic heterocycles. The first-order valence-electron chi connectivity index (χ1n) is 3.44. The highest BCUT2D eigenvalue weighted by Crippen LogP contribution is 1.74. The zero-order valence-corrected chi connectivity index (χ0v) is 7.32. The maximum atomic E-state index is 9.47. The molecular formula is C7H16N2O3. The molecule has 0 aromatic rings. The highest BCUT2D eigenvalue weighted by Gasteiger charge is 1.95. The average Bonchev–Trinajstić information content (AvgIpc) is 1.85. The van der Waals surface area contributed by atoms with E-state index in [-0.39, 0.29) is 0 Å². The van der Waals surface area contributed by atoms with Crippen molar-refractivity contribution in [1.82, 2.24) is 5.32 Å². The molecule has 12 heavy (non-hydrogen) atoms. The SMILES string of the molecule is C=CC(N)=O.CC(O)NC(C)O. The number of hydrogen-bond acceptors (Lipinski definition) is 4. The van der Waals surface area contributed by atoms with Gasteiger partial charge in [-0.05, 0) is 19.9 Å². The Hall–Kier alpha value is -0.910. The second kappa shape index (κ2) is 8.19. The van der Waals surface area contributed by atoms with Crippen LogP contribution in [0.5, 0.6) is 0 Å². The van der Waals surface area contributed by atoms with Gasteiger partial charge >= 0.3 is 0 Å². The van der Waals surface area contributed by atoms with E-state index in [2.05, 4.69) is 17.6 Å². The summed E-state index contributed by atoms with van der Waals surface area (Å²) in [5.41, 5.74) is 4.53. The molecule has 72 valence electrons. The lowest BCUT2D eigenvalue weighted by Gasteiger charge is -2.08. The summed E-state index contributed by atoms with van der Waals surface area (Å²) in [7, 11) is 0. The molecule has 0 aliphatic heterocycles. The fourth-order valence-corrected chi connectivity index (χ4v) is 0.349. The van der Waals surface area contributed by atoms with Crippen LogP contribution in [0.15, 0.2) is 12.7 Å². The number of aliphatic hydroxyl groups is 2. The fourth-order valence-electron chi connectivity index (χ4n) is 0.349. The van der Waals surface area contributed by atoms with Crippen molar-refractivity contribution in [2.24, 2.45) is 5.73 Å². The summed E-state index contributed by atoms with van der Waals surface area (Å²) >= 11 is 0. The van der Waals surface area contributed by atoms with Crippen LogP contribution in [0.3, 0.4) is 0 Å². The minimum Gasteiger partial charge on any atom is -0.379 e. The number of amides is 1. The van der Waals surface area contributed by atoms with Crippen molar-refractivity contribution in [3.05, 3.63) is 12.7 Å². The molecule has 1 amide bonds. The monoisotopic (exact) mass is 176 g/mol. The predicted molar refractivity (Wildman–Crippen MR) is 45.9 cm³/mol. The Balaban J connectivity index is 0. The van der Waals surface area contributed by atoms with Crippen LogP contribution in [0.4, 0.5) is 0 Å². The molecule has 0 radical (unpaired) electrons. The summed E-state index contributed by atoms with van der Waals surface area (Å²) in [6.45, 7) is 6.18. The van der Waals surface area contributed by atoms with Crippen LogP contribution in [0.25, 0.3) is 0 Å². The first-order chi connectivity index (χ1) is 5.40. The molecule has 2 atom stereocenters. The van der Waals surface area contributed by atoms with E-state index in [1.807, 2.05) is 0 Å². The Morgan fingerprint density at radius 2 is 1.75 bits per heavy atom. The van der Waals surface area contributed by atoms with E-state index >= 15 is 0 Å². The standard InChI is InChI=1S/C4H11NO2.C3H5NO/c1-3(6)5-4(2)7;1-2-3(4)5/h3-7H,1-2H3;2H,1H2,(H2,4,5). The summed E-state index contributed by atoms with van der Waals surface area (Å²) < 4.78 is 0. The van der Waals surface area contributed by atoms with Crippen molar-refractivity contribution in [2.75, 3.05) is 0 Å². The van der Waals surface area contributed by atoms with Gasteiger partial charge in [-0.15, -0.1) is 0 Å². The summed E-state index contributed by atoms with van der Waals surface area (Å²) in [5.74, 6) is -0.481. The van der Waals surface area contributed by atoms with E-state index in [1.165, 1.54) is 0 Å². The molecule has 0 rings (SSSR count). The highest BCUT2D eigenvalue weighted by molar-refractivity contribution is 5.84. The third-order valence-corrected chi connectivity index (χ3v) is 0.684. The van der Waals surface area contributed by atoms with Crippen molar-refractivity contribution in [2.45, 2.75) is 26.3 Å². The van der Waals surface area contributed by atoms with Crippen LogP contribution < -0.4 is 11.1 Å². The maximum absolute atomic E-state index is 9.47. The zero-order valence-electron chi connectivity index (χ0n) is 7.32. The molecular weight excluding hydrogens is 160 g/mol. The van der Waals surface area contributed by atoms with Crippen molar-refractivity contribution in [3.63, 3.8) is 0 Å². The molecule has 0 saturated heterocycles. The number of carbonyl (C=O) groups excluding carboxylic acids is 1. The number of aliphatic hydroxyl groups excluding tert-OH is 2. The summed E-state index contributed by atoms with van der Waals surface area (Å²) in [6.07, 6.45) is -0.194. The number of nitrogens with one attached hydrogen (secondary N) is 1. The van der Waals surface area contributed by atoms with Crippen molar-refractivity contribution < 1.29 is 15.0 Å². The van der Waals surface area contributed by atoms with E-state index in [1.54, 1.807) is 13.8 Å². The van der Waals surface area contributed by atoms with Crippen LogP contribution in [0.2, 0.25) is 0 Å². The number of carbonyl (C=O) groups is 1. The molecule has 0 bridgehead atoms. The van der Waals surface area contributed by atoms with Gasteiger partial charge in [0.15, 0.2) is 0 Å². The van der Waals surface area contributed by atoms with E-state index in [9.17, 15) is 4.79 Å². The van der Waals surface area contributed by atoms with Gasteiger partial charge in [-0.1, -0.05) is 6.58 Å². The Morgan fingerprint density at radius 3 is 1.75 bits per heavy atom. The molecule has 2 unspecified atom stereocenters. The highest BCUT2D eigenvalue weighted by atomic mass is 16.3. The van der Waals surface area contributed by atoms with E-state index in [0.717, 1.165) is 6.08 Å². The van der Waals surface area contributed by atoms with Gasteiger partial charge in [0.1, 0.15) is 12.5 Å². The summed E-state index contributed by atoms with van der Waals surface area (Å²) in [4.78, 5) is 9.47. The third-order valence-electron chi connectivity index (χ3n) is 0.684. The van der Waals surface area contributed by atoms with Gasteiger partial charge in [-0.2, -0.15) is 0 Å². The Bertz CT molecular complexity index is 129. The van der Waals surface area contributed by atoms with Crippen LogP contribution in [0, 0.1) is 0 Å². The second-order valence-electron chi connectivity index (χ2n) is 2.13. The van der Waals surface area contributed by atoms with Crippen LogP contribution >= 0.6 is 0 Å². The Labute approximate surface area is 71.9 Å². The summed E-state index contributed by atoms with van der Waals surface area (Å²) in [5, 5.41) is 19.3. The molecule has 0 spiro atoms. The smallest absolute Gasteiger partial charge is 0.240 e. The largest absolute Gasteiger partial charge is 0.379 e. The topological polar surface area (TPSA) is 95.6 Å². The van der Waals surface area contributed by atoms with E-state index < -0.39 is 18.4 Å². The molecule has 0 fully saturated rings. The van der Waals surface area contributed by atoms with Gasteiger partial charge in [0.05, 0.1) is 0 Å². The molecule has 0 aliphatic carbocycles. The molecule has 0 saturated carbocycles. The molecule has 0 aliphatic rings. The van der Waals surface area contributed by atoms with Gasteiger partial charge in [0.2, 0.25) is 5.91 Å². The minimum atomic E-state index is -0.625. The van der Waals surface area contributed by atoms with Gasteiger partial charge < -0.3 is 15.9 Å². The van der Waals surface area contributed by atoms with Gasteiger partial charge in [-0.25, -0.2) is 0 Å². The van der Waals surface area contributed by atoms with E-state index in [4.69, 9.17) is 10.2 Å². The number of nitrogens with two attached hydrogens (primary N) is 1. The number of primary amides is 1. The second-order valence-corrected chi connectivity index (χ2v) is 2.13. The van der Waals surface area contributed by atoms with Gasteiger partial charge in [-0.3, -0.25) is 10.1 Å². The van der Waals surface area contributed by atoms with Gasteiger partial charge in [0.25, 0.3) is 0 Å². The van der Waals surface area contributed by atoms with Crippen molar-refractivity contribution in [3.8, 4) is 0 Å². The zero-order chi connectivity index (χ0) is 10.1. The lowest BCUT2D eigenvalue weighted by molar-refractivity contribution is -0.113. The molecule has 5 N–H and O–H groups in total. The number of rotatable bonds is 3. The van der Waals surface area contributed by atoms with Crippen LogP contribution in [0.1, 0.15) is 13.8 Å². The third kappa shape index (κ3) is 23.0. The molecule has 0 aromatic carbocycles. The minimum absolute atomic E-state index is 0.481. The molecule has 5 nitrogen and oxygen atoms in total. The Morgan fingerprint density at radius 1 is 1.50 bits per heavy atom. The summed E-state index contributed by atoms with van der Waals surface area (Å²) in [6, 6.07) is 0. The quantitative estimate of drug-likeness (QED) is 0.324. The van der Waals surface area contributed by atoms with Crippen molar-refractivity contribution >= 4 is 5.91 Å². The lowest BCUT2D eigenvalue weighted by Crippen LogP contribution is -2.33. The average molecular weight is 176 g/mol. The molecule has 0 heterocycles. The molecule has 5 heteroatoms. The van der Waals surface area contributed by atoms with Gasteiger partial charge in [0, 0.05) is 0 Å².